The minimum Gasteiger partial charge on any atom is -0.491 e. The van der Waals surface area contributed by atoms with E-state index in [0.29, 0.717) is 4.90 Å². The van der Waals surface area contributed by atoms with Crippen molar-refractivity contribution in [3.05, 3.63) is 29.3 Å². The fourth-order valence-electron chi connectivity index (χ4n) is 3.03. The summed E-state index contributed by atoms with van der Waals surface area (Å²) >= 11 is 0. The number of carbonyl (C=O) groups excluding carboxylic acids is 3. The maximum absolute atomic E-state index is 13.4. The van der Waals surface area contributed by atoms with Gasteiger partial charge in [0.25, 0.3) is 11.8 Å². The minimum absolute atomic E-state index is 0.0329. The Bertz CT molecular complexity index is 881. The van der Waals surface area contributed by atoms with Gasteiger partial charge in [0.1, 0.15) is 11.3 Å². The predicted molar refractivity (Wildman–Crippen MR) is 104 cm³/mol. The number of aliphatic hydroxyl groups is 1. The van der Waals surface area contributed by atoms with Crippen molar-refractivity contribution in [1.82, 2.24) is 15.5 Å². The van der Waals surface area contributed by atoms with Gasteiger partial charge in [-0.2, -0.15) is 13.2 Å². The number of urea groups is 1. The Balaban J connectivity index is 2.14. The number of hydrogen-bond acceptors (Lipinski definition) is 5. The lowest BCUT2D eigenvalue weighted by molar-refractivity contribution is -0.143. The second kappa shape index (κ2) is 8.37. The molecule has 0 aromatic heterocycles. The second-order valence-electron chi connectivity index (χ2n) is 8.39. The van der Waals surface area contributed by atoms with E-state index in [1.165, 1.54) is 26.0 Å². The maximum atomic E-state index is 13.4. The maximum Gasteiger partial charge on any atom is 0.416 e. The Kier molecular flexibility index (Phi) is 6.60. The van der Waals surface area contributed by atoms with Crippen LogP contribution in [0.5, 0.6) is 5.75 Å². The number of rotatable bonds is 7. The van der Waals surface area contributed by atoms with Gasteiger partial charge in [0.2, 0.25) is 0 Å². The van der Waals surface area contributed by atoms with Crippen molar-refractivity contribution in [2.45, 2.75) is 64.6 Å². The Morgan fingerprint density at radius 1 is 1.29 bits per heavy atom. The molecule has 0 spiro atoms. The van der Waals surface area contributed by atoms with Crippen molar-refractivity contribution in [2.24, 2.45) is 0 Å². The van der Waals surface area contributed by atoms with E-state index in [2.05, 4.69) is 10.6 Å². The number of benzene rings is 1. The number of halogens is 3. The summed E-state index contributed by atoms with van der Waals surface area (Å²) < 4.78 is 45.6. The van der Waals surface area contributed by atoms with E-state index in [0.717, 1.165) is 13.0 Å². The molecule has 1 heterocycles. The summed E-state index contributed by atoms with van der Waals surface area (Å²) in [7, 11) is 0. The zero-order chi connectivity index (χ0) is 23.8. The van der Waals surface area contributed by atoms with Gasteiger partial charge < -0.3 is 20.5 Å². The first-order valence-corrected chi connectivity index (χ1v) is 9.56. The molecule has 1 aromatic rings. The molecule has 1 aromatic carbocycles. The smallest absolute Gasteiger partial charge is 0.416 e. The Hall–Kier alpha value is -2.82. The molecule has 1 aliphatic rings. The van der Waals surface area contributed by atoms with Crippen LogP contribution in [0.2, 0.25) is 0 Å². The number of ether oxygens (including phenoxy) is 1. The lowest BCUT2D eigenvalue weighted by Gasteiger charge is -2.27. The van der Waals surface area contributed by atoms with E-state index in [1.807, 2.05) is 0 Å². The molecule has 4 amide bonds. The standard InChI is InChI=1S/C20H26F3N3O5/c1-11(2)31-13-7-6-12(14(8-13)20(21,22)23)9-24-15(27)19(5,30)10-26-16(28)18(3,4)25-17(26)29/h6-8,11,30H,9-10H2,1-5H3,(H,24,27)(H,25,29). The molecule has 3 N–H and O–H groups in total. The third-order valence-corrected chi connectivity index (χ3v) is 4.60. The molecular formula is C20H26F3N3O5. The average Bonchev–Trinajstić information content (AvgIpc) is 2.80. The van der Waals surface area contributed by atoms with Crippen molar-refractivity contribution in [1.29, 1.82) is 0 Å². The van der Waals surface area contributed by atoms with Crippen molar-refractivity contribution < 1.29 is 37.4 Å². The zero-order valence-electron chi connectivity index (χ0n) is 17.9. The Morgan fingerprint density at radius 2 is 1.90 bits per heavy atom. The number of nitrogens with one attached hydrogen (secondary N) is 2. The first-order valence-electron chi connectivity index (χ1n) is 9.56. The number of carbonyl (C=O) groups is 3. The van der Waals surface area contributed by atoms with E-state index in [1.54, 1.807) is 13.8 Å². The molecule has 1 aliphatic heterocycles. The number of imide groups is 1. The molecule has 11 heteroatoms. The van der Waals surface area contributed by atoms with Crippen LogP contribution in [0.15, 0.2) is 18.2 Å². The second-order valence-corrected chi connectivity index (χ2v) is 8.39. The molecule has 0 saturated carbocycles. The average molecular weight is 445 g/mol. The Labute approximate surface area is 177 Å². The van der Waals surface area contributed by atoms with E-state index in [4.69, 9.17) is 4.74 Å². The molecule has 0 radical (unpaired) electrons. The first-order chi connectivity index (χ1) is 14.0. The first kappa shape index (κ1) is 24.4. The van der Waals surface area contributed by atoms with E-state index < -0.39 is 53.8 Å². The van der Waals surface area contributed by atoms with Crippen LogP contribution in [0.25, 0.3) is 0 Å². The van der Waals surface area contributed by atoms with E-state index in [9.17, 15) is 32.7 Å². The van der Waals surface area contributed by atoms with E-state index in [-0.39, 0.29) is 17.4 Å². The normalized spacial score (nSPS) is 18.1. The summed E-state index contributed by atoms with van der Waals surface area (Å²) in [6.45, 7) is 6.17. The SMILES string of the molecule is CC(C)Oc1ccc(CNC(=O)C(C)(O)CN2C(=O)NC(C)(C)C2=O)c(C(F)(F)F)c1. The number of amides is 4. The zero-order valence-corrected chi connectivity index (χ0v) is 17.9. The molecule has 31 heavy (non-hydrogen) atoms. The van der Waals surface area contributed by atoms with Gasteiger partial charge in [-0.15, -0.1) is 0 Å². The summed E-state index contributed by atoms with van der Waals surface area (Å²) in [5.74, 6) is -1.63. The minimum atomic E-state index is -4.69. The van der Waals surface area contributed by atoms with Gasteiger partial charge in [0.15, 0.2) is 5.60 Å². The summed E-state index contributed by atoms with van der Waals surface area (Å²) in [6, 6.07) is 2.59. The van der Waals surface area contributed by atoms with Crippen LogP contribution in [0.3, 0.4) is 0 Å². The quantitative estimate of drug-likeness (QED) is 0.558. The van der Waals surface area contributed by atoms with Crippen LogP contribution in [-0.2, 0) is 22.3 Å². The molecule has 1 fully saturated rings. The monoisotopic (exact) mass is 445 g/mol. The fourth-order valence-corrected chi connectivity index (χ4v) is 3.03. The fraction of sp³-hybridized carbons (Fsp3) is 0.550. The van der Waals surface area contributed by atoms with Crippen molar-refractivity contribution >= 4 is 17.8 Å². The number of hydrogen-bond donors (Lipinski definition) is 3. The Morgan fingerprint density at radius 3 is 2.39 bits per heavy atom. The summed E-state index contributed by atoms with van der Waals surface area (Å²) in [4.78, 5) is 37.3. The summed E-state index contributed by atoms with van der Waals surface area (Å²) in [5, 5.41) is 15.1. The highest BCUT2D eigenvalue weighted by Crippen LogP contribution is 2.34. The van der Waals surface area contributed by atoms with Gasteiger partial charge in [-0.3, -0.25) is 14.5 Å². The molecular weight excluding hydrogens is 419 g/mol. The van der Waals surface area contributed by atoms with Gasteiger partial charge >= 0.3 is 12.2 Å². The highest BCUT2D eigenvalue weighted by molar-refractivity contribution is 6.07. The highest BCUT2D eigenvalue weighted by Gasteiger charge is 2.48. The van der Waals surface area contributed by atoms with Gasteiger partial charge in [0, 0.05) is 6.54 Å². The largest absolute Gasteiger partial charge is 0.491 e. The van der Waals surface area contributed by atoms with Crippen molar-refractivity contribution in [3.8, 4) is 5.75 Å². The molecule has 8 nitrogen and oxygen atoms in total. The number of nitrogens with zero attached hydrogens (tertiary/aromatic N) is 1. The van der Waals surface area contributed by atoms with Gasteiger partial charge in [0.05, 0.1) is 18.2 Å². The molecule has 2 rings (SSSR count). The van der Waals surface area contributed by atoms with Crippen molar-refractivity contribution in [3.63, 3.8) is 0 Å². The van der Waals surface area contributed by atoms with Gasteiger partial charge in [-0.05, 0) is 52.3 Å². The molecule has 0 aliphatic carbocycles. The van der Waals surface area contributed by atoms with Crippen molar-refractivity contribution in [2.75, 3.05) is 6.54 Å². The topological polar surface area (TPSA) is 108 Å². The molecule has 1 unspecified atom stereocenters. The lowest BCUT2D eigenvalue weighted by Crippen LogP contribution is -2.53. The summed E-state index contributed by atoms with van der Waals surface area (Å²) in [5.41, 5.74) is -4.62. The number of alkyl halides is 3. The highest BCUT2D eigenvalue weighted by atomic mass is 19.4. The lowest BCUT2D eigenvalue weighted by atomic mass is 10.0. The molecule has 0 bridgehead atoms. The molecule has 1 atom stereocenters. The molecule has 1 saturated heterocycles. The summed E-state index contributed by atoms with van der Waals surface area (Å²) in [6.07, 6.45) is -5.01. The van der Waals surface area contributed by atoms with Crippen LogP contribution in [0.1, 0.15) is 45.7 Å². The van der Waals surface area contributed by atoms with E-state index >= 15 is 0 Å². The predicted octanol–water partition coefficient (Wildman–Crippen LogP) is 2.19. The van der Waals surface area contributed by atoms with Crippen LogP contribution in [0, 0.1) is 0 Å². The molecule has 172 valence electrons. The van der Waals surface area contributed by atoms with Crippen LogP contribution < -0.4 is 15.4 Å². The van der Waals surface area contributed by atoms with Crippen LogP contribution in [-0.4, -0.2) is 51.6 Å². The van der Waals surface area contributed by atoms with Crippen LogP contribution >= 0.6 is 0 Å². The third-order valence-electron chi connectivity index (χ3n) is 4.60. The van der Waals surface area contributed by atoms with Crippen LogP contribution in [0.4, 0.5) is 18.0 Å². The number of β-amino-alcohol motifs (C(OH)–C–C–N with tert-alkyl or cyclic N) is 1. The van der Waals surface area contributed by atoms with Gasteiger partial charge in [-0.1, -0.05) is 6.07 Å². The third kappa shape index (κ3) is 5.66. The van der Waals surface area contributed by atoms with Gasteiger partial charge in [-0.25, -0.2) is 4.79 Å².